The second-order valence-electron chi connectivity index (χ2n) is 22.7. The van der Waals surface area contributed by atoms with Gasteiger partial charge in [0.05, 0.1) is 0 Å². The molecule has 0 heterocycles. The molecule has 6 heteroatoms. The minimum atomic E-state index is -0.793. The molecule has 0 radical (unpaired) electrons. The Bertz CT molecular complexity index is 1620. The van der Waals surface area contributed by atoms with E-state index in [1.807, 2.05) is 0 Å². The first-order valence-electron chi connectivity index (χ1n) is 34.4. The standard InChI is InChI=1S/C75H128O6/c1-4-7-10-13-16-19-22-25-28-30-32-34-35-36-37-38-39-41-42-44-47-50-53-56-59-62-65-68-74(77)80-71-72(70-79-73(76)67-64-61-58-55-52-49-46-27-24-21-18-15-12-9-6-3)81-75(78)69-66-63-60-57-54-51-48-45-43-40-33-31-29-26-23-20-17-14-11-8-5-2/h8,11,17-18,20-22,25-27,29-30,32-33,35-36,40,46,72H,4-7,9-10,12-16,19,23-24,28,31,34,37-39,41-45,47-71H2,1-3H3/b11-8-,20-17-,21-18-,25-22-,29-26-,32-30-,36-35-,40-33-,46-27-. The molecule has 0 aliphatic rings. The molecule has 0 aliphatic carbocycles. The molecule has 81 heavy (non-hydrogen) atoms. The molecule has 0 bridgehead atoms. The van der Waals surface area contributed by atoms with E-state index in [0.717, 1.165) is 128 Å². The maximum atomic E-state index is 12.9. The molecule has 0 saturated carbocycles. The predicted octanol–water partition coefficient (Wildman–Crippen LogP) is 23.8. The summed E-state index contributed by atoms with van der Waals surface area (Å²) in [5, 5.41) is 0. The Hall–Kier alpha value is -3.93. The fraction of sp³-hybridized carbons (Fsp3) is 0.720. The summed E-state index contributed by atoms with van der Waals surface area (Å²) in [5.41, 5.74) is 0. The highest BCUT2D eigenvalue weighted by molar-refractivity contribution is 5.71. The van der Waals surface area contributed by atoms with Crippen LogP contribution in [0.4, 0.5) is 0 Å². The molecular weight excluding hydrogens is 997 g/mol. The highest BCUT2D eigenvalue weighted by Gasteiger charge is 2.19. The zero-order chi connectivity index (χ0) is 58.5. The van der Waals surface area contributed by atoms with E-state index in [4.69, 9.17) is 14.2 Å². The molecule has 464 valence electrons. The van der Waals surface area contributed by atoms with Gasteiger partial charge in [0, 0.05) is 19.3 Å². The number of hydrogen-bond acceptors (Lipinski definition) is 6. The van der Waals surface area contributed by atoms with E-state index in [-0.39, 0.29) is 31.1 Å². The Balaban J connectivity index is 4.35. The summed E-state index contributed by atoms with van der Waals surface area (Å²) in [4.78, 5) is 38.4. The average Bonchev–Trinajstić information content (AvgIpc) is 3.47. The Morgan fingerprint density at radius 1 is 0.259 bits per heavy atom. The van der Waals surface area contributed by atoms with Crippen molar-refractivity contribution in [3.63, 3.8) is 0 Å². The minimum Gasteiger partial charge on any atom is -0.462 e. The molecule has 0 rings (SSSR count). The average molecular weight is 1130 g/mol. The highest BCUT2D eigenvalue weighted by Crippen LogP contribution is 2.16. The van der Waals surface area contributed by atoms with Gasteiger partial charge in [-0.1, -0.05) is 291 Å². The largest absolute Gasteiger partial charge is 0.462 e. The van der Waals surface area contributed by atoms with Gasteiger partial charge < -0.3 is 14.2 Å². The molecule has 1 unspecified atom stereocenters. The number of hydrogen-bond donors (Lipinski definition) is 0. The van der Waals surface area contributed by atoms with E-state index in [1.165, 1.54) is 161 Å². The van der Waals surface area contributed by atoms with Crippen LogP contribution in [0.15, 0.2) is 109 Å². The third-order valence-electron chi connectivity index (χ3n) is 14.7. The first-order chi connectivity index (χ1) is 40.0. The molecule has 0 fully saturated rings. The van der Waals surface area contributed by atoms with Crippen molar-refractivity contribution in [3.8, 4) is 0 Å². The third-order valence-corrected chi connectivity index (χ3v) is 14.7. The maximum Gasteiger partial charge on any atom is 0.306 e. The normalized spacial score (nSPS) is 12.8. The second-order valence-corrected chi connectivity index (χ2v) is 22.7. The van der Waals surface area contributed by atoms with E-state index in [1.54, 1.807) is 0 Å². The van der Waals surface area contributed by atoms with Crippen molar-refractivity contribution in [2.24, 2.45) is 0 Å². The van der Waals surface area contributed by atoms with E-state index in [9.17, 15) is 14.4 Å². The molecule has 6 nitrogen and oxygen atoms in total. The van der Waals surface area contributed by atoms with Crippen molar-refractivity contribution in [2.45, 2.75) is 335 Å². The predicted molar refractivity (Wildman–Crippen MR) is 353 cm³/mol. The van der Waals surface area contributed by atoms with Crippen LogP contribution in [0.1, 0.15) is 329 Å². The van der Waals surface area contributed by atoms with Crippen molar-refractivity contribution in [1.82, 2.24) is 0 Å². The van der Waals surface area contributed by atoms with Gasteiger partial charge in [-0.05, 0) is 128 Å². The minimum absolute atomic E-state index is 0.0868. The molecule has 0 aliphatic heterocycles. The van der Waals surface area contributed by atoms with Crippen molar-refractivity contribution >= 4 is 17.9 Å². The number of carbonyl (C=O) groups is 3. The fourth-order valence-corrected chi connectivity index (χ4v) is 9.59. The lowest BCUT2D eigenvalue weighted by atomic mass is 10.0. The van der Waals surface area contributed by atoms with Crippen LogP contribution in [0.3, 0.4) is 0 Å². The summed E-state index contributed by atoms with van der Waals surface area (Å²) >= 11 is 0. The lowest BCUT2D eigenvalue weighted by Crippen LogP contribution is -2.30. The zero-order valence-electron chi connectivity index (χ0n) is 53.3. The number of allylic oxidation sites excluding steroid dienone is 18. The van der Waals surface area contributed by atoms with Crippen LogP contribution < -0.4 is 0 Å². The van der Waals surface area contributed by atoms with Gasteiger partial charge in [0.2, 0.25) is 0 Å². The molecule has 0 aromatic carbocycles. The van der Waals surface area contributed by atoms with Crippen molar-refractivity contribution in [3.05, 3.63) is 109 Å². The topological polar surface area (TPSA) is 78.9 Å². The van der Waals surface area contributed by atoms with E-state index >= 15 is 0 Å². The monoisotopic (exact) mass is 1120 g/mol. The lowest BCUT2D eigenvalue weighted by Gasteiger charge is -2.18. The number of unbranched alkanes of at least 4 members (excludes halogenated alkanes) is 33. The summed E-state index contributed by atoms with van der Waals surface area (Å²) in [6.07, 6.45) is 93.8. The summed E-state index contributed by atoms with van der Waals surface area (Å²) < 4.78 is 17.0. The Morgan fingerprint density at radius 3 is 0.778 bits per heavy atom. The van der Waals surface area contributed by atoms with Crippen LogP contribution in [0.5, 0.6) is 0 Å². The summed E-state index contributed by atoms with van der Waals surface area (Å²) in [6.45, 7) is 6.50. The first kappa shape index (κ1) is 77.1. The van der Waals surface area contributed by atoms with E-state index in [0.29, 0.717) is 19.3 Å². The van der Waals surface area contributed by atoms with Gasteiger partial charge in [-0.15, -0.1) is 0 Å². The highest BCUT2D eigenvalue weighted by atomic mass is 16.6. The molecule has 0 saturated heterocycles. The molecule has 0 aromatic heterocycles. The third kappa shape index (κ3) is 66.8. The lowest BCUT2D eigenvalue weighted by molar-refractivity contribution is -0.167. The quantitative estimate of drug-likeness (QED) is 0.0261. The van der Waals surface area contributed by atoms with Gasteiger partial charge in [0.15, 0.2) is 6.10 Å². The van der Waals surface area contributed by atoms with Crippen LogP contribution >= 0.6 is 0 Å². The van der Waals surface area contributed by atoms with Gasteiger partial charge in [-0.25, -0.2) is 0 Å². The molecule has 0 aromatic rings. The van der Waals surface area contributed by atoms with Gasteiger partial charge in [0.25, 0.3) is 0 Å². The maximum absolute atomic E-state index is 12.9. The van der Waals surface area contributed by atoms with Crippen LogP contribution in [0, 0.1) is 0 Å². The first-order valence-corrected chi connectivity index (χ1v) is 34.4. The van der Waals surface area contributed by atoms with Crippen molar-refractivity contribution in [1.29, 1.82) is 0 Å². The van der Waals surface area contributed by atoms with Crippen LogP contribution in [-0.4, -0.2) is 37.2 Å². The molecule has 0 spiro atoms. The van der Waals surface area contributed by atoms with Gasteiger partial charge >= 0.3 is 17.9 Å². The van der Waals surface area contributed by atoms with Gasteiger partial charge in [-0.3, -0.25) is 14.4 Å². The Morgan fingerprint density at radius 2 is 0.481 bits per heavy atom. The van der Waals surface area contributed by atoms with Gasteiger partial charge in [0.1, 0.15) is 13.2 Å². The smallest absolute Gasteiger partial charge is 0.306 e. The fourth-order valence-electron chi connectivity index (χ4n) is 9.59. The zero-order valence-corrected chi connectivity index (χ0v) is 53.3. The van der Waals surface area contributed by atoms with Crippen LogP contribution in [-0.2, 0) is 28.6 Å². The number of rotatable bonds is 62. The molecule has 0 N–H and O–H groups in total. The van der Waals surface area contributed by atoms with E-state index in [2.05, 4.69) is 130 Å². The number of esters is 3. The summed E-state index contributed by atoms with van der Waals surface area (Å²) in [5.74, 6) is -0.900. The van der Waals surface area contributed by atoms with E-state index < -0.39 is 6.10 Å². The Kier molecular flexibility index (Phi) is 65.2. The number of ether oxygens (including phenoxy) is 3. The second kappa shape index (κ2) is 68.6. The summed E-state index contributed by atoms with van der Waals surface area (Å²) in [7, 11) is 0. The Labute approximate surface area is 501 Å². The molecule has 0 amide bonds. The van der Waals surface area contributed by atoms with Crippen molar-refractivity contribution < 1.29 is 28.6 Å². The SMILES string of the molecule is CC/C=C\C/C=C\C/C=C\C/C=C\CCCCCCCCCCC(=O)OC(COC(=O)CCCCCCC/C=C\C/C=C\CCCCC)COC(=O)CCCCCCCCCCCCCC/C=C\C/C=C\C/C=C\CCCCCCC. The van der Waals surface area contributed by atoms with Crippen LogP contribution in [0.25, 0.3) is 0 Å². The van der Waals surface area contributed by atoms with Crippen LogP contribution in [0.2, 0.25) is 0 Å². The molecule has 1 atom stereocenters. The number of carbonyl (C=O) groups excluding carboxylic acids is 3. The van der Waals surface area contributed by atoms with Crippen molar-refractivity contribution in [2.75, 3.05) is 13.2 Å². The molecular formula is C75H128O6. The van der Waals surface area contributed by atoms with Gasteiger partial charge in [-0.2, -0.15) is 0 Å². The summed E-state index contributed by atoms with van der Waals surface area (Å²) in [6, 6.07) is 0.